The van der Waals surface area contributed by atoms with Crippen molar-refractivity contribution in [3.05, 3.63) is 58.6 Å². The summed E-state index contributed by atoms with van der Waals surface area (Å²) in [5.41, 5.74) is 2.11. The smallest absolute Gasteiger partial charge is 0.335 e. The number of carbonyl (C=O) groups is 3. The molecule has 1 saturated heterocycles. The number of aliphatic imine (C=N–C) groups is 1. The van der Waals surface area contributed by atoms with E-state index < -0.39 is 11.2 Å². The minimum Gasteiger partial charge on any atom is -0.478 e. The first-order valence-electron chi connectivity index (χ1n) is 8.67. The molecule has 0 bridgehead atoms. The fourth-order valence-corrected chi connectivity index (χ4v) is 3.95. The lowest BCUT2D eigenvalue weighted by molar-refractivity contribution is -0.121. The van der Waals surface area contributed by atoms with Crippen LogP contribution in [0.1, 0.15) is 22.3 Å². The Morgan fingerprint density at radius 2 is 1.93 bits per heavy atom. The maximum Gasteiger partial charge on any atom is 0.335 e. The van der Waals surface area contributed by atoms with Crippen molar-refractivity contribution in [2.24, 2.45) is 4.99 Å². The molecule has 1 heterocycles. The molecule has 1 aliphatic heterocycles. The zero-order valence-corrected chi connectivity index (χ0v) is 17.3. The van der Waals surface area contributed by atoms with Gasteiger partial charge in [-0.1, -0.05) is 29.4 Å². The maximum absolute atomic E-state index is 12.8. The van der Waals surface area contributed by atoms with Crippen molar-refractivity contribution in [3.63, 3.8) is 0 Å². The van der Waals surface area contributed by atoms with Crippen molar-refractivity contribution in [2.45, 2.75) is 18.6 Å². The van der Waals surface area contributed by atoms with Gasteiger partial charge < -0.3 is 10.4 Å². The van der Waals surface area contributed by atoms with Gasteiger partial charge in [-0.15, -0.1) is 0 Å². The Morgan fingerprint density at radius 3 is 2.52 bits per heavy atom. The number of thioether (sulfide) groups is 1. The van der Waals surface area contributed by atoms with Crippen molar-refractivity contribution in [2.75, 3.05) is 17.3 Å². The fourth-order valence-electron chi connectivity index (χ4n) is 2.79. The van der Waals surface area contributed by atoms with Crippen LogP contribution in [-0.2, 0) is 9.59 Å². The van der Waals surface area contributed by atoms with E-state index in [1.165, 1.54) is 36.0 Å². The number of carboxylic acids is 1. The maximum atomic E-state index is 12.8. The average molecular weight is 432 g/mol. The predicted molar refractivity (Wildman–Crippen MR) is 115 cm³/mol. The highest BCUT2D eigenvalue weighted by Gasteiger charge is 2.40. The lowest BCUT2D eigenvalue weighted by Crippen LogP contribution is -2.31. The standard InChI is InChI=1S/C20H18ClN3O4S/c1-11-3-6-13(9-15(11)21)23-20(22-2)29-16-10-17(25)24(18(16)26)14-7-4-12(5-8-14)19(27)28/h3-9,16H,10H2,1-2H3,(H,22,23)(H,27,28). The molecular formula is C20H18ClN3O4S. The average Bonchev–Trinajstić information content (AvgIpc) is 2.97. The molecular weight excluding hydrogens is 414 g/mol. The van der Waals surface area contributed by atoms with Crippen LogP contribution >= 0.6 is 23.4 Å². The van der Waals surface area contributed by atoms with E-state index >= 15 is 0 Å². The molecule has 1 atom stereocenters. The highest BCUT2D eigenvalue weighted by Crippen LogP contribution is 2.31. The zero-order chi connectivity index (χ0) is 21.1. The summed E-state index contributed by atoms with van der Waals surface area (Å²) in [5.74, 6) is -1.78. The molecule has 0 spiro atoms. The first kappa shape index (κ1) is 20.9. The number of carboxylic acid groups (broad SMARTS) is 1. The number of hydrogen-bond donors (Lipinski definition) is 2. The van der Waals surface area contributed by atoms with Crippen molar-refractivity contribution < 1.29 is 19.5 Å². The van der Waals surface area contributed by atoms with Gasteiger partial charge in [0.05, 0.1) is 11.3 Å². The summed E-state index contributed by atoms with van der Waals surface area (Å²) < 4.78 is 0. The van der Waals surface area contributed by atoms with Gasteiger partial charge in [-0.2, -0.15) is 0 Å². The van der Waals surface area contributed by atoms with Crippen molar-refractivity contribution in [3.8, 4) is 0 Å². The van der Waals surface area contributed by atoms with Gasteiger partial charge in [0.1, 0.15) is 5.25 Å². The van der Waals surface area contributed by atoms with E-state index in [4.69, 9.17) is 16.7 Å². The summed E-state index contributed by atoms with van der Waals surface area (Å²) >= 11 is 7.31. The molecule has 3 rings (SSSR count). The van der Waals surface area contributed by atoms with E-state index in [2.05, 4.69) is 10.3 Å². The lowest BCUT2D eigenvalue weighted by Gasteiger charge is -2.16. The number of aryl methyl sites for hydroxylation is 1. The van der Waals surface area contributed by atoms with Gasteiger partial charge in [0.25, 0.3) is 0 Å². The van der Waals surface area contributed by atoms with Gasteiger partial charge in [-0.25, -0.2) is 9.69 Å². The Kier molecular flexibility index (Phi) is 6.24. The Hall–Kier alpha value is -2.84. The number of anilines is 2. The van der Waals surface area contributed by atoms with E-state index in [1.807, 2.05) is 19.1 Å². The largest absolute Gasteiger partial charge is 0.478 e. The van der Waals surface area contributed by atoms with Crippen LogP contribution in [0.25, 0.3) is 0 Å². The number of carbonyl (C=O) groups excluding carboxylic acids is 2. The summed E-state index contributed by atoms with van der Waals surface area (Å²) in [6.45, 7) is 1.90. The second-order valence-electron chi connectivity index (χ2n) is 6.35. The van der Waals surface area contributed by atoms with E-state index in [1.54, 1.807) is 13.1 Å². The predicted octanol–water partition coefficient (Wildman–Crippen LogP) is 3.81. The molecule has 2 aromatic carbocycles. The number of nitrogens with one attached hydrogen (secondary N) is 1. The van der Waals surface area contributed by atoms with Gasteiger partial charge in [0.15, 0.2) is 5.17 Å². The molecule has 2 aromatic rings. The van der Waals surface area contributed by atoms with E-state index in [0.29, 0.717) is 15.9 Å². The molecule has 2 N–H and O–H groups in total. The molecule has 0 radical (unpaired) electrons. The Morgan fingerprint density at radius 1 is 1.24 bits per heavy atom. The quantitative estimate of drug-likeness (QED) is 0.434. The Labute approximate surface area is 176 Å². The molecule has 2 amide bonds. The third-order valence-electron chi connectivity index (χ3n) is 4.36. The monoisotopic (exact) mass is 431 g/mol. The minimum atomic E-state index is -1.07. The van der Waals surface area contributed by atoms with Crippen LogP contribution in [0.15, 0.2) is 47.5 Å². The van der Waals surface area contributed by atoms with E-state index in [0.717, 1.165) is 16.2 Å². The van der Waals surface area contributed by atoms with Crippen LogP contribution < -0.4 is 10.2 Å². The van der Waals surface area contributed by atoms with Gasteiger partial charge in [-0.3, -0.25) is 14.6 Å². The van der Waals surface area contributed by atoms with Crippen molar-refractivity contribution >= 4 is 57.7 Å². The second-order valence-corrected chi connectivity index (χ2v) is 7.95. The highest BCUT2D eigenvalue weighted by molar-refractivity contribution is 8.15. The number of rotatable bonds is 4. The summed E-state index contributed by atoms with van der Waals surface area (Å²) in [4.78, 5) is 41.5. The molecule has 7 nitrogen and oxygen atoms in total. The third-order valence-corrected chi connectivity index (χ3v) is 5.93. The Bertz CT molecular complexity index is 1010. The highest BCUT2D eigenvalue weighted by atomic mass is 35.5. The van der Waals surface area contributed by atoms with Gasteiger partial charge >= 0.3 is 5.97 Å². The normalized spacial score (nSPS) is 17.0. The minimum absolute atomic E-state index is 0.0273. The molecule has 1 aliphatic rings. The molecule has 0 saturated carbocycles. The number of nitrogens with zero attached hydrogens (tertiary/aromatic N) is 2. The number of halogens is 1. The fraction of sp³-hybridized carbons (Fsp3) is 0.200. The van der Waals surface area contributed by atoms with Crippen LogP contribution in [0.2, 0.25) is 5.02 Å². The van der Waals surface area contributed by atoms with E-state index in [-0.39, 0.29) is 23.8 Å². The zero-order valence-electron chi connectivity index (χ0n) is 15.7. The first-order valence-corrected chi connectivity index (χ1v) is 9.92. The number of amides is 2. The van der Waals surface area contributed by atoms with Crippen LogP contribution in [-0.4, -0.2) is 40.4 Å². The Balaban J connectivity index is 1.72. The van der Waals surface area contributed by atoms with Gasteiger partial charge in [0.2, 0.25) is 11.8 Å². The van der Waals surface area contributed by atoms with Crippen LogP contribution in [0.5, 0.6) is 0 Å². The molecule has 1 fully saturated rings. The molecule has 1 unspecified atom stereocenters. The second kappa shape index (κ2) is 8.67. The SMILES string of the molecule is CN=C(Nc1ccc(C)c(Cl)c1)SC1CC(=O)N(c2ccc(C(=O)O)cc2)C1=O. The number of imide groups is 1. The van der Waals surface area contributed by atoms with Gasteiger partial charge in [0, 0.05) is 24.2 Å². The third kappa shape index (κ3) is 4.60. The topological polar surface area (TPSA) is 99.1 Å². The molecule has 9 heteroatoms. The number of aromatic carboxylic acids is 1. The number of benzene rings is 2. The molecule has 29 heavy (non-hydrogen) atoms. The van der Waals surface area contributed by atoms with E-state index in [9.17, 15) is 14.4 Å². The first-order chi connectivity index (χ1) is 13.8. The summed E-state index contributed by atoms with van der Waals surface area (Å²) in [6.07, 6.45) is 0.0273. The lowest BCUT2D eigenvalue weighted by atomic mass is 10.2. The number of hydrogen-bond acceptors (Lipinski definition) is 5. The summed E-state index contributed by atoms with van der Waals surface area (Å²) in [7, 11) is 1.59. The van der Waals surface area contributed by atoms with Crippen LogP contribution in [0, 0.1) is 6.92 Å². The van der Waals surface area contributed by atoms with Crippen LogP contribution in [0.3, 0.4) is 0 Å². The molecule has 0 aromatic heterocycles. The summed E-state index contributed by atoms with van der Waals surface area (Å²) in [5, 5.41) is 12.6. The summed E-state index contributed by atoms with van der Waals surface area (Å²) in [6, 6.07) is 11.1. The van der Waals surface area contributed by atoms with Gasteiger partial charge in [-0.05, 0) is 48.9 Å². The van der Waals surface area contributed by atoms with Crippen LogP contribution in [0.4, 0.5) is 11.4 Å². The number of amidine groups is 1. The molecule has 0 aliphatic carbocycles. The molecule has 150 valence electrons. The van der Waals surface area contributed by atoms with Crippen molar-refractivity contribution in [1.29, 1.82) is 0 Å². The van der Waals surface area contributed by atoms with Crippen molar-refractivity contribution in [1.82, 2.24) is 0 Å².